The van der Waals surface area contributed by atoms with Crippen molar-refractivity contribution in [2.24, 2.45) is 5.73 Å². The molecule has 0 radical (unpaired) electrons. The van der Waals surface area contributed by atoms with Crippen molar-refractivity contribution in [3.63, 3.8) is 0 Å². The Balaban J connectivity index is 1.65. The third kappa shape index (κ3) is 4.14. The van der Waals surface area contributed by atoms with E-state index in [1.54, 1.807) is 0 Å². The molecule has 1 aromatic heterocycles. The summed E-state index contributed by atoms with van der Waals surface area (Å²) in [6, 6.07) is 3.60. The predicted molar refractivity (Wildman–Crippen MR) is 101 cm³/mol. The predicted octanol–water partition coefficient (Wildman–Crippen LogP) is 2.67. The molecule has 9 heteroatoms. The zero-order valence-electron chi connectivity index (χ0n) is 15.2. The number of nitrogens with two attached hydrogens (primary N) is 1. The van der Waals surface area contributed by atoms with Gasteiger partial charge >= 0.3 is 5.97 Å². The zero-order chi connectivity index (χ0) is 20.3. The number of amides is 2. The van der Waals surface area contributed by atoms with E-state index in [0.29, 0.717) is 10.6 Å². The fraction of sp³-hybridized carbons (Fsp3) is 0.316. The number of hydrogen-bond donors (Lipinski definition) is 2. The number of aryl methyl sites for hydroxylation is 1. The van der Waals surface area contributed by atoms with E-state index in [1.165, 1.54) is 30.6 Å². The van der Waals surface area contributed by atoms with Crippen LogP contribution in [0.3, 0.4) is 0 Å². The first-order valence-corrected chi connectivity index (χ1v) is 9.47. The second kappa shape index (κ2) is 8.39. The molecule has 28 heavy (non-hydrogen) atoms. The first kappa shape index (κ1) is 19.8. The number of ether oxygens (including phenoxy) is 2. The molecule has 0 fully saturated rings. The van der Waals surface area contributed by atoms with E-state index in [-0.39, 0.29) is 11.3 Å². The first-order valence-electron chi connectivity index (χ1n) is 8.65. The molecule has 0 bridgehead atoms. The molecule has 0 spiro atoms. The van der Waals surface area contributed by atoms with Crippen LogP contribution in [-0.2, 0) is 22.4 Å². The summed E-state index contributed by atoms with van der Waals surface area (Å²) in [6.07, 6.45) is 3.58. The van der Waals surface area contributed by atoms with Crippen LogP contribution in [0.1, 0.15) is 44.0 Å². The summed E-state index contributed by atoms with van der Waals surface area (Å²) in [7, 11) is 1.31. The smallest absolute Gasteiger partial charge is 0.338 e. The van der Waals surface area contributed by atoms with Crippen LogP contribution in [0.2, 0.25) is 0 Å². The minimum absolute atomic E-state index is 0.00469. The molecule has 3 N–H and O–H groups in total. The van der Waals surface area contributed by atoms with Crippen molar-refractivity contribution in [3.05, 3.63) is 45.6 Å². The number of carbonyl (C=O) groups is 3. The molecule has 0 saturated heterocycles. The van der Waals surface area contributed by atoms with Crippen molar-refractivity contribution in [2.45, 2.75) is 25.7 Å². The molecule has 148 valence electrons. The summed E-state index contributed by atoms with van der Waals surface area (Å²) in [5.41, 5.74) is 6.66. The number of anilines is 1. The third-order valence-corrected chi connectivity index (χ3v) is 5.60. The average Bonchev–Trinajstić information content (AvgIpc) is 3.03. The van der Waals surface area contributed by atoms with Gasteiger partial charge in [-0.05, 0) is 49.4 Å². The highest BCUT2D eigenvalue weighted by molar-refractivity contribution is 7.17. The largest absolute Gasteiger partial charge is 0.494 e. The Morgan fingerprint density at radius 2 is 2.00 bits per heavy atom. The molecule has 2 amide bonds. The Hall–Kier alpha value is -2.94. The van der Waals surface area contributed by atoms with E-state index in [1.807, 2.05) is 0 Å². The van der Waals surface area contributed by atoms with Gasteiger partial charge in [-0.2, -0.15) is 0 Å². The molecule has 1 aromatic carbocycles. The van der Waals surface area contributed by atoms with Crippen LogP contribution in [0.5, 0.6) is 5.75 Å². The number of halogens is 1. The topological polar surface area (TPSA) is 108 Å². The van der Waals surface area contributed by atoms with Gasteiger partial charge in [-0.3, -0.25) is 9.59 Å². The maximum absolute atomic E-state index is 13.7. The highest BCUT2D eigenvalue weighted by Gasteiger charge is 2.25. The van der Waals surface area contributed by atoms with Crippen LogP contribution in [0.4, 0.5) is 9.39 Å². The zero-order valence-corrected chi connectivity index (χ0v) is 16.0. The lowest BCUT2D eigenvalue weighted by molar-refractivity contribution is -0.119. The summed E-state index contributed by atoms with van der Waals surface area (Å²) in [5, 5.41) is 2.96. The van der Waals surface area contributed by atoms with Gasteiger partial charge in [0.1, 0.15) is 5.00 Å². The van der Waals surface area contributed by atoms with E-state index >= 15 is 0 Å². The molecule has 0 unspecified atom stereocenters. The van der Waals surface area contributed by atoms with Gasteiger partial charge in [-0.1, -0.05) is 0 Å². The molecule has 1 aliphatic rings. The molecular formula is C19H19FN2O5S. The number of hydrogen-bond acceptors (Lipinski definition) is 6. The number of esters is 1. The number of thiophene rings is 1. The first-order chi connectivity index (χ1) is 13.4. The van der Waals surface area contributed by atoms with Crippen molar-refractivity contribution < 1.29 is 28.2 Å². The minimum Gasteiger partial charge on any atom is -0.494 e. The molecule has 0 atom stereocenters. The fourth-order valence-corrected chi connectivity index (χ4v) is 4.40. The van der Waals surface area contributed by atoms with Crippen LogP contribution in [-0.4, -0.2) is 31.5 Å². The highest BCUT2D eigenvalue weighted by Crippen LogP contribution is 2.37. The number of primary amides is 1. The number of rotatable bonds is 6. The Morgan fingerprint density at radius 3 is 2.68 bits per heavy atom. The number of benzene rings is 1. The van der Waals surface area contributed by atoms with E-state index in [2.05, 4.69) is 5.32 Å². The van der Waals surface area contributed by atoms with Crippen LogP contribution in [0.15, 0.2) is 18.2 Å². The SMILES string of the molecule is COc1ccc(C(=O)OCC(=O)Nc2sc3c(c2C(N)=O)CCCC3)cc1F. The quantitative estimate of drug-likeness (QED) is 0.717. The van der Waals surface area contributed by atoms with Gasteiger partial charge in [0.15, 0.2) is 18.2 Å². The monoisotopic (exact) mass is 406 g/mol. The van der Waals surface area contributed by atoms with Gasteiger partial charge < -0.3 is 20.5 Å². The summed E-state index contributed by atoms with van der Waals surface area (Å²) in [5.74, 6) is -2.77. The van der Waals surface area contributed by atoms with E-state index < -0.39 is 30.2 Å². The molecule has 1 heterocycles. The lowest BCUT2D eigenvalue weighted by Crippen LogP contribution is -2.23. The van der Waals surface area contributed by atoms with Crippen molar-refractivity contribution in [1.82, 2.24) is 0 Å². The number of carbonyl (C=O) groups excluding carboxylic acids is 3. The lowest BCUT2D eigenvalue weighted by atomic mass is 9.95. The van der Waals surface area contributed by atoms with Crippen molar-refractivity contribution in [3.8, 4) is 5.75 Å². The van der Waals surface area contributed by atoms with Gasteiger partial charge in [0.05, 0.1) is 18.2 Å². The average molecular weight is 406 g/mol. The van der Waals surface area contributed by atoms with Crippen molar-refractivity contribution >= 4 is 34.1 Å². The number of methoxy groups -OCH3 is 1. The molecular weight excluding hydrogens is 387 g/mol. The second-order valence-corrected chi connectivity index (χ2v) is 7.36. The number of fused-ring (bicyclic) bond motifs is 1. The molecule has 7 nitrogen and oxygen atoms in total. The van der Waals surface area contributed by atoms with Gasteiger partial charge in [0.2, 0.25) is 0 Å². The number of nitrogens with one attached hydrogen (secondary N) is 1. The second-order valence-electron chi connectivity index (χ2n) is 6.25. The van der Waals surface area contributed by atoms with E-state index in [9.17, 15) is 18.8 Å². The van der Waals surface area contributed by atoms with Crippen LogP contribution in [0, 0.1) is 5.82 Å². The van der Waals surface area contributed by atoms with E-state index in [0.717, 1.165) is 42.2 Å². The summed E-state index contributed by atoms with van der Waals surface area (Å²) >= 11 is 1.32. The maximum Gasteiger partial charge on any atom is 0.338 e. The normalized spacial score (nSPS) is 12.8. The molecule has 2 aromatic rings. The maximum atomic E-state index is 13.7. The van der Waals surface area contributed by atoms with Gasteiger partial charge in [-0.15, -0.1) is 11.3 Å². The lowest BCUT2D eigenvalue weighted by Gasteiger charge is -2.11. The molecule has 1 aliphatic carbocycles. The summed E-state index contributed by atoms with van der Waals surface area (Å²) in [4.78, 5) is 37.0. The summed E-state index contributed by atoms with van der Waals surface area (Å²) in [6.45, 7) is -0.576. The van der Waals surface area contributed by atoms with Gasteiger partial charge in [0.25, 0.3) is 11.8 Å². The van der Waals surface area contributed by atoms with Crippen LogP contribution in [0.25, 0.3) is 0 Å². The standard InChI is InChI=1S/C19H19FN2O5S/c1-26-13-7-6-10(8-12(13)20)19(25)27-9-15(23)22-18-16(17(21)24)11-4-2-3-5-14(11)28-18/h6-8H,2-5,9H2,1H3,(H2,21,24)(H,22,23). The Morgan fingerprint density at radius 1 is 1.25 bits per heavy atom. The van der Waals surface area contributed by atoms with Gasteiger partial charge in [0, 0.05) is 4.88 Å². The fourth-order valence-electron chi connectivity index (χ4n) is 3.09. The third-order valence-electron chi connectivity index (χ3n) is 4.39. The summed E-state index contributed by atoms with van der Waals surface area (Å²) < 4.78 is 23.4. The Labute approximate surface area is 164 Å². The Bertz CT molecular complexity index is 941. The van der Waals surface area contributed by atoms with Crippen molar-refractivity contribution in [1.29, 1.82) is 0 Å². The molecule has 0 saturated carbocycles. The van der Waals surface area contributed by atoms with E-state index in [4.69, 9.17) is 15.2 Å². The van der Waals surface area contributed by atoms with Crippen molar-refractivity contribution in [2.75, 3.05) is 19.0 Å². The minimum atomic E-state index is -0.850. The highest BCUT2D eigenvalue weighted by atomic mass is 32.1. The molecule has 3 rings (SSSR count). The Kier molecular flexibility index (Phi) is 5.93. The van der Waals surface area contributed by atoms with Crippen LogP contribution < -0.4 is 15.8 Å². The van der Waals surface area contributed by atoms with Gasteiger partial charge in [-0.25, -0.2) is 9.18 Å². The van der Waals surface area contributed by atoms with Crippen LogP contribution >= 0.6 is 11.3 Å². The molecule has 0 aliphatic heterocycles.